The molecule has 11 heteroatoms. The molecule has 2 saturated carbocycles. The molecule has 1 heterocycles. The third-order valence-corrected chi connectivity index (χ3v) is 9.78. The average molecular weight is 582 g/mol. The molecule has 0 saturated heterocycles. The average Bonchev–Trinajstić information content (AvgIpc) is 3.87. The van der Waals surface area contributed by atoms with Crippen molar-refractivity contribution in [2.24, 2.45) is 28.6 Å². The molecule has 0 spiro atoms. The number of carbonyl (C=O) groups excluding carboxylic acids is 1. The number of carbonyl (C=O) groups is 1. The molecule has 0 bridgehead atoms. The summed E-state index contributed by atoms with van der Waals surface area (Å²) in [5.74, 6) is 1.47. The van der Waals surface area contributed by atoms with Gasteiger partial charge in [0, 0.05) is 49.7 Å². The zero-order valence-corrected chi connectivity index (χ0v) is 26.1. The van der Waals surface area contributed by atoms with Gasteiger partial charge in [-0.3, -0.25) is 4.79 Å². The highest BCUT2D eigenvalue weighted by molar-refractivity contribution is 6.76. The molecule has 4 rings (SSSR count). The molecule has 0 radical (unpaired) electrons. The molecule has 10 nitrogen and oxygen atoms in total. The van der Waals surface area contributed by atoms with Crippen LogP contribution in [0.5, 0.6) is 0 Å². The number of hydrogen-bond donors (Lipinski definition) is 2. The Morgan fingerprint density at radius 3 is 2.44 bits per heavy atom. The largest absolute Gasteiger partial charge is 0.375 e. The first-order valence-corrected chi connectivity index (χ1v) is 18.8. The highest BCUT2D eigenvalue weighted by atomic mass is 28.3. The molecule has 2 aliphatic carbocycles. The van der Waals surface area contributed by atoms with Crippen LogP contribution in [0.15, 0.2) is 29.4 Å². The minimum atomic E-state index is -1.18. The van der Waals surface area contributed by atoms with E-state index >= 15 is 0 Å². The van der Waals surface area contributed by atoms with Crippen molar-refractivity contribution in [3.8, 4) is 11.1 Å². The second-order valence-electron chi connectivity index (χ2n) is 12.8. The minimum Gasteiger partial charge on any atom is -0.375 e. The summed E-state index contributed by atoms with van der Waals surface area (Å²) in [5, 5.41) is 11.5. The predicted octanol–water partition coefficient (Wildman–Crippen LogP) is 6.48. The molecule has 0 aliphatic heterocycles. The second kappa shape index (κ2) is 14.5. The first-order valence-electron chi connectivity index (χ1n) is 15.1. The summed E-state index contributed by atoms with van der Waals surface area (Å²) >= 11 is 0. The highest BCUT2D eigenvalue weighted by Gasteiger charge is 2.46. The lowest BCUT2D eigenvalue weighted by Gasteiger charge is -2.23. The van der Waals surface area contributed by atoms with Crippen molar-refractivity contribution < 1.29 is 14.3 Å². The summed E-state index contributed by atoms with van der Waals surface area (Å²) in [4.78, 5) is 15.8. The first kappa shape index (κ1) is 31.2. The van der Waals surface area contributed by atoms with Crippen LogP contribution >= 0.6 is 0 Å². The first-order chi connectivity index (χ1) is 19.7. The Hall–Kier alpha value is -2.69. The number of nitrogens with one attached hydrogen (secondary N) is 1. The highest BCUT2D eigenvalue weighted by Crippen LogP contribution is 2.50. The fraction of sp³-hybridized carbons (Fsp3) is 0.667. The maximum atomic E-state index is 13.0. The Balaban J connectivity index is 1.42. The van der Waals surface area contributed by atoms with Gasteiger partial charge in [-0.05, 0) is 92.5 Å². The van der Waals surface area contributed by atoms with Crippen molar-refractivity contribution in [1.82, 2.24) is 9.78 Å². The van der Waals surface area contributed by atoms with E-state index in [0.717, 1.165) is 53.7 Å². The predicted molar refractivity (Wildman–Crippen MR) is 165 cm³/mol. The zero-order chi connectivity index (χ0) is 29.4. The Morgan fingerprint density at radius 2 is 1.83 bits per heavy atom. The summed E-state index contributed by atoms with van der Waals surface area (Å²) in [6.45, 7) is 11.6. The van der Waals surface area contributed by atoms with E-state index in [2.05, 4.69) is 41.9 Å². The molecule has 1 aromatic carbocycles. The van der Waals surface area contributed by atoms with Gasteiger partial charge in [0.2, 0.25) is 5.91 Å². The molecule has 41 heavy (non-hydrogen) atoms. The van der Waals surface area contributed by atoms with Crippen molar-refractivity contribution in [2.45, 2.75) is 90.5 Å². The molecule has 1 atom stereocenters. The molecule has 1 amide bonds. The van der Waals surface area contributed by atoms with Gasteiger partial charge in [0.05, 0.1) is 18.3 Å². The van der Waals surface area contributed by atoms with E-state index in [0.29, 0.717) is 44.2 Å². The van der Waals surface area contributed by atoms with E-state index in [1.165, 1.54) is 25.7 Å². The van der Waals surface area contributed by atoms with Gasteiger partial charge in [-0.25, -0.2) is 4.68 Å². The number of hydrogen-bond acceptors (Lipinski definition) is 6. The standard InChI is InChI=1S/C30H47N7O3Si/c1-21-27(22-11-13-25(14-12-22)34-30(38)29(31)28(23-7-8-23)24-9-10-24)26(19-39-16-6-5-15-33-36-32)35-37(21)20-40-17-18-41(2,3)4/h11-14,23-24,28-29H,5-10,15-20,31H2,1-4H3,(H,34,38)/t29-/m0/s1. The van der Waals surface area contributed by atoms with Crippen LogP contribution in [0.1, 0.15) is 49.9 Å². The van der Waals surface area contributed by atoms with Crippen LogP contribution in [0.25, 0.3) is 21.6 Å². The third kappa shape index (κ3) is 9.41. The Labute approximate surface area is 245 Å². The summed E-state index contributed by atoms with van der Waals surface area (Å²) in [7, 11) is -1.18. The smallest absolute Gasteiger partial charge is 0.241 e. The lowest BCUT2D eigenvalue weighted by atomic mass is 9.89. The van der Waals surface area contributed by atoms with Crippen LogP contribution in [0.4, 0.5) is 5.69 Å². The van der Waals surface area contributed by atoms with E-state index < -0.39 is 14.1 Å². The number of rotatable bonds is 18. The van der Waals surface area contributed by atoms with Crippen LogP contribution in [0.3, 0.4) is 0 Å². The third-order valence-electron chi connectivity index (χ3n) is 8.08. The number of nitrogens with two attached hydrogens (primary N) is 1. The van der Waals surface area contributed by atoms with Crippen molar-refractivity contribution in [3.05, 3.63) is 46.1 Å². The van der Waals surface area contributed by atoms with Gasteiger partial charge < -0.3 is 20.5 Å². The number of anilines is 1. The Kier molecular flexibility index (Phi) is 11.0. The molecule has 3 N–H and O–H groups in total. The van der Waals surface area contributed by atoms with E-state index in [4.69, 9.17) is 25.8 Å². The van der Waals surface area contributed by atoms with Gasteiger partial charge in [-0.15, -0.1) is 0 Å². The van der Waals surface area contributed by atoms with Gasteiger partial charge in [-0.2, -0.15) is 5.10 Å². The van der Waals surface area contributed by atoms with Gasteiger partial charge in [0.15, 0.2) is 0 Å². The Bertz CT molecular complexity index is 1180. The van der Waals surface area contributed by atoms with Crippen LogP contribution in [0, 0.1) is 24.7 Å². The molecule has 2 aliphatic rings. The molecule has 224 valence electrons. The van der Waals surface area contributed by atoms with Crippen molar-refractivity contribution in [1.29, 1.82) is 0 Å². The lowest BCUT2D eigenvalue weighted by molar-refractivity contribution is -0.118. The quantitative estimate of drug-likeness (QED) is 0.0681. The van der Waals surface area contributed by atoms with Crippen LogP contribution in [0.2, 0.25) is 25.7 Å². The molecular formula is C30H47N7O3Si. The molecule has 2 fully saturated rings. The maximum absolute atomic E-state index is 13.0. The normalized spacial score (nSPS) is 16.0. The van der Waals surface area contributed by atoms with Gasteiger partial charge >= 0.3 is 0 Å². The number of azide groups is 1. The number of ether oxygens (including phenoxy) is 2. The topological polar surface area (TPSA) is 140 Å². The molecule has 0 unspecified atom stereocenters. The molecule has 1 aromatic heterocycles. The van der Waals surface area contributed by atoms with Crippen LogP contribution in [-0.4, -0.2) is 49.6 Å². The van der Waals surface area contributed by atoms with E-state index in [1.807, 2.05) is 28.9 Å². The second-order valence-corrected chi connectivity index (χ2v) is 18.4. The van der Waals surface area contributed by atoms with Gasteiger partial charge in [0.1, 0.15) is 6.73 Å². The number of aromatic nitrogens is 2. The molecular weight excluding hydrogens is 534 g/mol. The summed E-state index contributed by atoms with van der Waals surface area (Å²) < 4.78 is 13.9. The fourth-order valence-electron chi connectivity index (χ4n) is 5.39. The summed E-state index contributed by atoms with van der Waals surface area (Å²) in [6.07, 6.45) is 6.41. The number of unbranched alkanes of at least 4 members (excludes halogenated alkanes) is 1. The van der Waals surface area contributed by atoms with E-state index in [9.17, 15) is 4.79 Å². The maximum Gasteiger partial charge on any atom is 0.241 e. The van der Waals surface area contributed by atoms with Crippen LogP contribution in [-0.2, 0) is 27.6 Å². The number of nitrogens with zero attached hydrogens (tertiary/aromatic N) is 5. The number of amides is 1. The fourth-order valence-corrected chi connectivity index (χ4v) is 6.15. The monoisotopic (exact) mass is 581 g/mol. The summed E-state index contributed by atoms with van der Waals surface area (Å²) in [6, 6.07) is 8.56. The lowest BCUT2D eigenvalue weighted by Crippen LogP contribution is -2.43. The van der Waals surface area contributed by atoms with Crippen molar-refractivity contribution in [3.63, 3.8) is 0 Å². The minimum absolute atomic E-state index is 0.0874. The Morgan fingerprint density at radius 1 is 1.15 bits per heavy atom. The van der Waals surface area contributed by atoms with Gasteiger partial charge in [0.25, 0.3) is 0 Å². The zero-order valence-electron chi connectivity index (χ0n) is 25.1. The van der Waals surface area contributed by atoms with Crippen molar-refractivity contribution in [2.75, 3.05) is 25.1 Å². The van der Waals surface area contributed by atoms with E-state index in [-0.39, 0.29) is 5.91 Å². The summed E-state index contributed by atoms with van der Waals surface area (Å²) in [5.41, 5.74) is 19.5. The molecule has 2 aromatic rings. The van der Waals surface area contributed by atoms with Gasteiger partial charge in [-0.1, -0.05) is 36.9 Å². The van der Waals surface area contributed by atoms with Crippen LogP contribution < -0.4 is 11.1 Å². The number of benzene rings is 1. The van der Waals surface area contributed by atoms with E-state index in [1.54, 1.807) is 0 Å². The van der Waals surface area contributed by atoms with Crippen molar-refractivity contribution >= 4 is 19.7 Å². The SMILES string of the molecule is Cc1c(-c2ccc(NC(=O)[C@@H](N)C(C3CC3)C3CC3)cc2)c(COCCCCN=[N+]=[N-])nn1COCC[Si](C)(C)C.